The van der Waals surface area contributed by atoms with Crippen molar-refractivity contribution in [1.82, 2.24) is 4.98 Å². The summed E-state index contributed by atoms with van der Waals surface area (Å²) >= 11 is 1.80. The van der Waals surface area contributed by atoms with Gasteiger partial charge < -0.3 is 0 Å². The maximum absolute atomic E-state index is 12.0. The molecule has 1 aliphatic heterocycles. The fourth-order valence-electron chi connectivity index (χ4n) is 1.65. The summed E-state index contributed by atoms with van der Waals surface area (Å²) in [6, 6.07) is 3.61. The first-order valence-corrected chi connectivity index (χ1v) is 5.98. The summed E-state index contributed by atoms with van der Waals surface area (Å²) in [5, 5.41) is 0.186. The van der Waals surface area contributed by atoms with E-state index in [9.17, 15) is 4.79 Å². The summed E-state index contributed by atoms with van der Waals surface area (Å²) in [4.78, 5) is 15.9. The lowest BCUT2D eigenvalue weighted by Gasteiger charge is -2.19. The highest BCUT2D eigenvalue weighted by Crippen LogP contribution is 2.27. The second kappa shape index (κ2) is 4.60. The molecule has 1 aromatic rings. The molecule has 0 aliphatic carbocycles. The highest BCUT2D eigenvalue weighted by atomic mass is 32.2. The monoisotopic (exact) mass is 207 g/mol. The van der Waals surface area contributed by atoms with Crippen molar-refractivity contribution in [2.24, 2.45) is 0 Å². The largest absolute Gasteiger partial charge is 0.293 e. The molecule has 2 nitrogen and oxygen atoms in total. The predicted molar refractivity (Wildman–Crippen MR) is 58.7 cm³/mol. The van der Waals surface area contributed by atoms with E-state index in [2.05, 4.69) is 4.98 Å². The van der Waals surface area contributed by atoms with Crippen LogP contribution in [-0.2, 0) is 0 Å². The maximum Gasteiger partial charge on any atom is 0.175 e. The zero-order chi connectivity index (χ0) is 9.80. The second-order valence-corrected chi connectivity index (χ2v) is 4.77. The molecule has 0 amide bonds. The number of pyridine rings is 1. The molecule has 1 aromatic heterocycles. The van der Waals surface area contributed by atoms with E-state index in [1.54, 1.807) is 36.3 Å². The van der Waals surface area contributed by atoms with Gasteiger partial charge in [0.2, 0.25) is 0 Å². The average Bonchev–Trinajstić information content (AvgIpc) is 2.30. The van der Waals surface area contributed by atoms with Crippen LogP contribution in [0.5, 0.6) is 0 Å². The SMILES string of the molecule is O=C(c1ccncc1)C1CCCCS1. The van der Waals surface area contributed by atoms with Crippen molar-refractivity contribution in [3.8, 4) is 0 Å². The summed E-state index contributed by atoms with van der Waals surface area (Å²) in [7, 11) is 0. The van der Waals surface area contributed by atoms with Crippen LogP contribution in [0.15, 0.2) is 24.5 Å². The summed E-state index contributed by atoms with van der Waals surface area (Å²) in [6.07, 6.45) is 6.84. The molecule has 2 heterocycles. The van der Waals surface area contributed by atoms with Crippen LogP contribution in [0.25, 0.3) is 0 Å². The molecule has 0 spiro atoms. The standard InChI is InChI=1S/C11H13NOS/c13-11(9-4-6-12-7-5-9)10-3-1-2-8-14-10/h4-7,10H,1-3,8H2. The second-order valence-electron chi connectivity index (χ2n) is 3.46. The smallest absolute Gasteiger partial charge is 0.175 e. The number of nitrogens with zero attached hydrogens (tertiary/aromatic N) is 1. The zero-order valence-electron chi connectivity index (χ0n) is 7.98. The molecule has 14 heavy (non-hydrogen) atoms. The molecule has 0 saturated carbocycles. The van der Waals surface area contributed by atoms with Crippen molar-refractivity contribution in [1.29, 1.82) is 0 Å². The van der Waals surface area contributed by atoms with Crippen LogP contribution in [0.3, 0.4) is 0 Å². The summed E-state index contributed by atoms with van der Waals surface area (Å²) in [5.74, 6) is 1.40. The molecule has 0 N–H and O–H groups in total. The van der Waals surface area contributed by atoms with E-state index in [1.807, 2.05) is 0 Å². The lowest BCUT2D eigenvalue weighted by molar-refractivity contribution is 0.0984. The molecule has 1 fully saturated rings. The van der Waals surface area contributed by atoms with Crippen LogP contribution in [0.1, 0.15) is 29.6 Å². The molecule has 1 saturated heterocycles. The maximum atomic E-state index is 12.0. The summed E-state index contributed by atoms with van der Waals surface area (Å²) in [5.41, 5.74) is 0.805. The molecular weight excluding hydrogens is 194 g/mol. The van der Waals surface area contributed by atoms with Gasteiger partial charge >= 0.3 is 0 Å². The Hall–Kier alpha value is -0.830. The normalized spacial score (nSPS) is 21.9. The molecular formula is C11H13NOS. The highest BCUT2D eigenvalue weighted by molar-refractivity contribution is 8.00. The minimum absolute atomic E-state index is 0.186. The van der Waals surface area contributed by atoms with E-state index < -0.39 is 0 Å². The minimum Gasteiger partial charge on any atom is -0.293 e. The Morgan fingerprint density at radius 2 is 2.14 bits per heavy atom. The number of aromatic nitrogens is 1. The average molecular weight is 207 g/mol. The van der Waals surface area contributed by atoms with Gasteiger partial charge in [-0.3, -0.25) is 9.78 Å². The van der Waals surface area contributed by atoms with Gasteiger partial charge in [0, 0.05) is 18.0 Å². The number of carbonyl (C=O) groups is 1. The van der Waals surface area contributed by atoms with E-state index in [1.165, 1.54) is 12.8 Å². The first-order valence-electron chi connectivity index (χ1n) is 4.94. The Labute approximate surface area is 88.1 Å². The number of thioether (sulfide) groups is 1. The third-order valence-corrected chi connectivity index (χ3v) is 3.81. The van der Waals surface area contributed by atoms with Crippen LogP contribution < -0.4 is 0 Å². The summed E-state index contributed by atoms with van der Waals surface area (Å²) in [6.45, 7) is 0. The van der Waals surface area contributed by atoms with Crippen molar-refractivity contribution in [2.75, 3.05) is 5.75 Å². The van der Waals surface area contributed by atoms with E-state index in [0.29, 0.717) is 0 Å². The fourth-order valence-corrected chi connectivity index (χ4v) is 2.93. The van der Waals surface area contributed by atoms with Crippen LogP contribution in [0.4, 0.5) is 0 Å². The zero-order valence-corrected chi connectivity index (χ0v) is 8.80. The van der Waals surface area contributed by atoms with Crippen LogP contribution >= 0.6 is 11.8 Å². The van der Waals surface area contributed by atoms with Gasteiger partial charge in [-0.15, -0.1) is 0 Å². The number of carbonyl (C=O) groups excluding carboxylic acids is 1. The van der Waals surface area contributed by atoms with Gasteiger partial charge in [0.05, 0.1) is 5.25 Å². The van der Waals surface area contributed by atoms with E-state index in [4.69, 9.17) is 0 Å². The number of hydrogen-bond acceptors (Lipinski definition) is 3. The number of ketones is 1. The van der Waals surface area contributed by atoms with Crippen LogP contribution in [0.2, 0.25) is 0 Å². The van der Waals surface area contributed by atoms with Gasteiger partial charge in [-0.25, -0.2) is 0 Å². The van der Waals surface area contributed by atoms with Gasteiger partial charge in [0.1, 0.15) is 0 Å². The van der Waals surface area contributed by atoms with Crippen LogP contribution in [0, 0.1) is 0 Å². The minimum atomic E-state index is 0.186. The topological polar surface area (TPSA) is 30.0 Å². The number of rotatable bonds is 2. The van der Waals surface area contributed by atoms with E-state index in [-0.39, 0.29) is 11.0 Å². The van der Waals surface area contributed by atoms with Crippen molar-refractivity contribution >= 4 is 17.5 Å². The Balaban J connectivity index is 2.07. The van der Waals surface area contributed by atoms with Crippen molar-refractivity contribution in [3.05, 3.63) is 30.1 Å². The summed E-state index contributed by atoms with van der Waals surface area (Å²) < 4.78 is 0. The Bertz CT molecular complexity index is 306. The predicted octanol–water partition coefficient (Wildman–Crippen LogP) is 2.55. The number of hydrogen-bond donors (Lipinski definition) is 0. The lowest BCUT2D eigenvalue weighted by atomic mass is 10.1. The molecule has 2 rings (SSSR count). The Morgan fingerprint density at radius 1 is 1.36 bits per heavy atom. The van der Waals surface area contributed by atoms with Gasteiger partial charge in [0.15, 0.2) is 5.78 Å². The van der Waals surface area contributed by atoms with Gasteiger partial charge in [-0.05, 0) is 30.7 Å². The fraction of sp³-hybridized carbons (Fsp3) is 0.455. The van der Waals surface area contributed by atoms with Crippen LogP contribution in [-0.4, -0.2) is 21.8 Å². The molecule has 1 aliphatic rings. The highest BCUT2D eigenvalue weighted by Gasteiger charge is 2.22. The van der Waals surface area contributed by atoms with E-state index in [0.717, 1.165) is 17.7 Å². The van der Waals surface area contributed by atoms with Crippen molar-refractivity contribution < 1.29 is 4.79 Å². The molecule has 0 aromatic carbocycles. The first kappa shape index (κ1) is 9.71. The molecule has 0 bridgehead atoms. The molecule has 74 valence electrons. The molecule has 3 heteroatoms. The van der Waals surface area contributed by atoms with E-state index >= 15 is 0 Å². The van der Waals surface area contributed by atoms with Gasteiger partial charge in [-0.2, -0.15) is 11.8 Å². The third-order valence-electron chi connectivity index (χ3n) is 2.44. The molecule has 1 atom stereocenters. The third kappa shape index (κ3) is 2.15. The molecule has 1 unspecified atom stereocenters. The Kier molecular flexibility index (Phi) is 3.19. The van der Waals surface area contributed by atoms with Gasteiger partial charge in [0.25, 0.3) is 0 Å². The quantitative estimate of drug-likeness (QED) is 0.698. The Morgan fingerprint density at radius 3 is 2.79 bits per heavy atom. The van der Waals surface area contributed by atoms with Crippen molar-refractivity contribution in [3.63, 3.8) is 0 Å². The van der Waals surface area contributed by atoms with Gasteiger partial charge in [-0.1, -0.05) is 6.42 Å². The lowest BCUT2D eigenvalue weighted by Crippen LogP contribution is -2.20. The number of Topliss-reactive ketones (excluding diaryl/α,β-unsaturated/α-hetero) is 1. The molecule has 0 radical (unpaired) electrons. The first-order chi connectivity index (χ1) is 6.88. The van der Waals surface area contributed by atoms with Crippen molar-refractivity contribution in [2.45, 2.75) is 24.5 Å².